The molecule has 2 aromatic rings. The molecule has 0 atom stereocenters. The smallest absolute Gasteiger partial charge is 0.227 e. The highest BCUT2D eigenvalue weighted by atomic mass is 16.5. The van der Waals surface area contributed by atoms with Gasteiger partial charge in [-0.15, -0.1) is 0 Å². The molecule has 1 fully saturated rings. The maximum absolute atomic E-state index is 12.7. The monoisotopic (exact) mass is 355 g/mol. The lowest BCUT2D eigenvalue weighted by Crippen LogP contribution is -2.36. The Hall–Kier alpha value is -2.14. The van der Waals surface area contributed by atoms with E-state index in [9.17, 15) is 4.79 Å². The van der Waals surface area contributed by atoms with Gasteiger partial charge in [-0.3, -0.25) is 4.79 Å². The van der Waals surface area contributed by atoms with Crippen LogP contribution in [0.3, 0.4) is 0 Å². The fraction of sp³-hybridized carbons (Fsp3) is 0.524. The van der Waals surface area contributed by atoms with Crippen LogP contribution in [0.5, 0.6) is 0 Å². The first-order valence-electron chi connectivity index (χ1n) is 9.59. The van der Waals surface area contributed by atoms with Crippen molar-refractivity contribution in [2.24, 2.45) is 0 Å². The SMILES string of the molecule is Cc1noc(C)c1CC(=O)N1CCCN(CCCc2ccccc2)CC1. The Kier molecular flexibility index (Phi) is 6.45. The van der Waals surface area contributed by atoms with Gasteiger partial charge in [-0.25, -0.2) is 0 Å². The third kappa shape index (κ3) is 4.94. The summed E-state index contributed by atoms with van der Waals surface area (Å²) in [7, 11) is 0. The van der Waals surface area contributed by atoms with E-state index < -0.39 is 0 Å². The van der Waals surface area contributed by atoms with Crippen molar-refractivity contribution in [1.82, 2.24) is 15.0 Å². The Bertz CT molecular complexity index is 692. The Morgan fingerprint density at radius 1 is 1.12 bits per heavy atom. The van der Waals surface area contributed by atoms with Gasteiger partial charge in [-0.2, -0.15) is 0 Å². The molecule has 0 aliphatic carbocycles. The van der Waals surface area contributed by atoms with Crippen molar-refractivity contribution < 1.29 is 9.32 Å². The van der Waals surface area contributed by atoms with E-state index in [1.807, 2.05) is 18.7 Å². The number of nitrogens with zero attached hydrogens (tertiary/aromatic N) is 3. The summed E-state index contributed by atoms with van der Waals surface area (Å²) >= 11 is 0. The van der Waals surface area contributed by atoms with E-state index in [1.165, 1.54) is 5.56 Å². The molecule has 3 rings (SSSR count). The van der Waals surface area contributed by atoms with E-state index in [-0.39, 0.29) is 5.91 Å². The molecule has 1 saturated heterocycles. The van der Waals surface area contributed by atoms with Crippen molar-refractivity contribution in [2.45, 2.75) is 39.5 Å². The standard InChI is InChI=1S/C21H29N3O2/c1-17-20(18(2)26-22-17)16-21(25)24-13-7-12-23(14-15-24)11-6-10-19-8-4-3-5-9-19/h3-5,8-9H,6-7,10-16H2,1-2H3. The molecule has 5 heteroatoms. The minimum Gasteiger partial charge on any atom is -0.361 e. The zero-order valence-electron chi connectivity index (χ0n) is 15.9. The van der Waals surface area contributed by atoms with Gasteiger partial charge in [0, 0.05) is 25.2 Å². The Morgan fingerprint density at radius 2 is 1.92 bits per heavy atom. The average Bonchev–Trinajstić information content (AvgIpc) is 2.85. The molecule has 5 nitrogen and oxygen atoms in total. The summed E-state index contributed by atoms with van der Waals surface area (Å²) in [5.74, 6) is 0.943. The van der Waals surface area contributed by atoms with Crippen molar-refractivity contribution in [3.05, 3.63) is 52.9 Å². The summed E-state index contributed by atoms with van der Waals surface area (Å²) in [4.78, 5) is 17.2. The third-order valence-corrected chi connectivity index (χ3v) is 5.23. The number of amides is 1. The molecule has 0 bridgehead atoms. The van der Waals surface area contributed by atoms with Crippen LogP contribution >= 0.6 is 0 Å². The Morgan fingerprint density at radius 3 is 2.65 bits per heavy atom. The number of rotatable bonds is 6. The molecule has 0 spiro atoms. The zero-order chi connectivity index (χ0) is 18.4. The van der Waals surface area contributed by atoms with Gasteiger partial charge in [-0.1, -0.05) is 35.5 Å². The van der Waals surface area contributed by atoms with Gasteiger partial charge in [-0.05, 0) is 51.8 Å². The van der Waals surface area contributed by atoms with Crippen molar-refractivity contribution in [3.63, 3.8) is 0 Å². The van der Waals surface area contributed by atoms with E-state index in [0.717, 1.165) is 69.0 Å². The predicted molar refractivity (Wildman–Crippen MR) is 102 cm³/mol. The molecule has 2 heterocycles. The van der Waals surface area contributed by atoms with Crippen LogP contribution in [0, 0.1) is 13.8 Å². The van der Waals surface area contributed by atoms with Gasteiger partial charge >= 0.3 is 0 Å². The molecule has 0 unspecified atom stereocenters. The largest absolute Gasteiger partial charge is 0.361 e. The summed E-state index contributed by atoms with van der Waals surface area (Å²) < 4.78 is 5.18. The first-order chi connectivity index (χ1) is 12.6. The molecule has 1 aromatic heterocycles. The van der Waals surface area contributed by atoms with Gasteiger partial charge < -0.3 is 14.3 Å². The number of hydrogen-bond acceptors (Lipinski definition) is 4. The lowest BCUT2D eigenvalue weighted by atomic mass is 10.1. The third-order valence-electron chi connectivity index (χ3n) is 5.23. The highest BCUT2D eigenvalue weighted by Crippen LogP contribution is 2.15. The molecular formula is C21H29N3O2. The maximum atomic E-state index is 12.7. The molecule has 140 valence electrons. The van der Waals surface area contributed by atoms with Crippen LogP contribution in [0.15, 0.2) is 34.9 Å². The second-order valence-electron chi connectivity index (χ2n) is 7.14. The van der Waals surface area contributed by atoms with E-state index in [2.05, 4.69) is 40.4 Å². The normalized spacial score (nSPS) is 15.8. The highest BCUT2D eigenvalue weighted by molar-refractivity contribution is 5.79. The molecule has 26 heavy (non-hydrogen) atoms. The van der Waals surface area contributed by atoms with Gasteiger partial charge in [0.25, 0.3) is 0 Å². The molecule has 1 aromatic carbocycles. The van der Waals surface area contributed by atoms with Gasteiger partial charge in [0.15, 0.2) is 0 Å². The zero-order valence-corrected chi connectivity index (χ0v) is 15.9. The van der Waals surface area contributed by atoms with Gasteiger partial charge in [0.1, 0.15) is 5.76 Å². The number of carbonyl (C=O) groups excluding carboxylic acids is 1. The van der Waals surface area contributed by atoms with Gasteiger partial charge in [0.05, 0.1) is 12.1 Å². The average molecular weight is 355 g/mol. The van der Waals surface area contributed by atoms with Crippen LogP contribution in [-0.4, -0.2) is 53.6 Å². The lowest BCUT2D eigenvalue weighted by Gasteiger charge is -2.22. The van der Waals surface area contributed by atoms with Gasteiger partial charge in [0.2, 0.25) is 5.91 Å². The highest BCUT2D eigenvalue weighted by Gasteiger charge is 2.21. The van der Waals surface area contributed by atoms with E-state index in [0.29, 0.717) is 6.42 Å². The number of hydrogen-bond donors (Lipinski definition) is 0. The second-order valence-corrected chi connectivity index (χ2v) is 7.14. The van der Waals surface area contributed by atoms with Crippen LogP contribution in [-0.2, 0) is 17.6 Å². The molecule has 0 saturated carbocycles. The number of aryl methyl sites for hydroxylation is 3. The molecule has 1 amide bonds. The van der Waals surface area contributed by atoms with Crippen molar-refractivity contribution >= 4 is 5.91 Å². The maximum Gasteiger partial charge on any atom is 0.227 e. The minimum absolute atomic E-state index is 0.186. The van der Waals surface area contributed by atoms with Crippen molar-refractivity contribution in [3.8, 4) is 0 Å². The van der Waals surface area contributed by atoms with E-state index in [4.69, 9.17) is 4.52 Å². The molecule has 1 aliphatic rings. The topological polar surface area (TPSA) is 49.6 Å². The van der Waals surface area contributed by atoms with E-state index in [1.54, 1.807) is 0 Å². The summed E-state index contributed by atoms with van der Waals surface area (Å²) in [5, 5.41) is 3.95. The fourth-order valence-electron chi connectivity index (χ4n) is 3.61. The van der Waals surface area contributed by atoms with Crippen molar-refractivity contribution in [2.75, 3.05) is 32.7 Å². The summed E-state index contributed by atoms with van der Waals surface area (Å²) in [6, 6.07) is 10.6. The quantitative estimate of drug-likeness (QED) is 0.799. The second kappa shape index (κ2) is 8.99. The molecule has 0 N–H and O–H groups in total. The van der Waals surface area contributed by atoms with Crippen LogP contribution in [0.1, 0.15) is 35.4 Å². The van der Waals surface area contributed by atoms with E-state index >= 15 is 0 Å². The summed E-state index contributed by atoms with van der Waals surface area (Å²) in [5.41, 5.74) is 3.17. The fourth-order valence-corrected chi connectivity index (χ4v) is 3.61. The summed E-state index contributed by atoms with van der Waals surface area (Å²) in [6.07, 6.45) is 3.72. The first kappa shape index (κ1) is 18.6. The van der Waals surface area contributed by atoms with Crippen molar-refractivity contribution in [1.29, 1.82) is 0 Å². The Labute approximate surface area is 156 Å². The minimum atomic E-state index is 0.186. The lowest BCUT2D eigenvalue weighted by molar-refractivity contribution is -0.130. The van der Waals surface area contributed by atoms with Crippen LogP contribution in [0.4, 0.5) is 0 Å². The molecule has 1 aliphatic heterocycles. The van der Waals surface area contributed by atoms with Crippen LogP contribution in [0.2, 0.25) is 0 Å². The number of carbonyl (C=O) groups is 1. The number of benzene rings is 1. The number of aromatic nitrogens is 1. The predicted octanol–water partition coefficient (Wildman–Crippen LogP) is 3.00. The first-order valence-corrected chi connectivity index (χ1v) is 9.59. The van der Waals surface area contributed by atoms with Crippen LogP contribution in [0.25, 0.3) is 0 Å². The summed E-state index contributed by atoms with van der Waals surface area (Å²) in [6.45, 7) is 8.56. The molecule has 0 radical (unpaired) electrons. The van der Waals surface area contributed by atoms with Crippen LogP contribution < -0.4 is 0 Å². The molecular weight excluding hydrogens is 326 g/mol. The Balaban J connectivity index is 1.45.